The Hall–Kier alpha value is -3.33. The van der Waals surface area contributed by atoms with E-state index in [-0.39, 0.29) is 11.9 Å². The van der Waals surface area contributed by atoms with E-state index in [1.165, 1.54) is 0 Å². The molecule has 3 nitrogen and oxygen atoms in total. The molecule has 0 unspecified atom stereocenters. The van der Waals surface area contributed by atoms with E-state index in [9.17, 15) is 4.79 Å². The first kappa shape index (κ1) is 17.1. The van der Waals surface area contributed by atoms with Crippen LogP contribution in [0, 0.1) is 0 Å². The van der Waals surface area contributed by atoms with Crippen molar-refractivity contribution in [3.63, 3.8) is 0 Å². The summed E-state index contributed by atoms with van der Waals surface area (Å²) in [7, 11) is 0. The maximum absolute atomic E-state index is 12.8. The predicted molar refractivity (Wildman–Crippen MR) is 107 cm³/mol. The van der Waals surface area contributed by atoms with Crippen molar-refractivity contribution in [1.82, 2.24) is 4.90 Å². The van der Waals surface area contributed by atoms with Crippen LogP contribution in [0.4, 0.5) is 0 Å². The van der Waals surface area contributed by atoms with Crippen LogP contribution in [-0.2, 0) is 6.61 Å². The molecule has 27 heavy (non-hydrogen) atoms. The second-order valence-corrected chi connectivity index (χ2v) is 6.69. The molecular formula is C24H21NO2. The third-order valence-electron chi connectivity index (χ3n) is 4.98. The summed E-state index contributed by atoms with van der Waals surface area (Å²) >= 11 is 0. The largest absolute Gasteiger partial charge is 0.489 e. The second kappa shape index (κ2) is 7.12. The summed E-state index contributed by atoms with van der Waals surface area (Å²) in [6.45, 7) is 6.69. The standard InChI is InChI=1S/C24H21NO2/c1-17(25-18(2)22-10-6-7-11-23(22)24(25)26)20-12-14-21(15-13-20)27-16-19-8-4-3-5-9-19/h3-15,17H,2,16H2,1H3/t17-/m0/s1. The second-order valence-electron chi connectivity index (χ2n) is 6.69. The lowest BCUT2D eigenvalue weighted by atomic mass is 10.1. The Bertz CT molecular complexity index is 942. The van der Waals surface area contributed by atoms with Crippen molar-refractivity contribution in [2.24, 2.45) is 0 Å². The summed E-state index contributed by atoms with van der Waals surface area (Å²) in [4.78, 5) is 14.6. The molecule has 3 aromatic rings. The van der Waals surface area contributed by atoms with Crippen LogP contribution in [0.3, 0.4) is 0 Å². The van der Waals surface area contributed by atoms with Crippen LogP contribution < -0.4 is 4.74 Å². The Morgan fingerprint density at radius 2 is 1.52 bits per heavy atom. The molecule has 1 heterocycles. The van der Waals surface area contributed by atoms with Crippen molar-refractivity contribution in [2.75, 3.05) is 0 Å². The molecule has 3 aromatic carbocycles. The quantitative estimate of drug-likeness (QED) is 0.609. The van der Waals surface area contributed by atoms with Gasteiger partial charge in [-0.2, -0.15) is 0 Å². The molecule has 3 heteroatoms. The van der Waals surface area contributed by atoms with E-state index in [0.717, 1.165) is 33.7 Å². The van der Waals surface area contributed by atoms with Crippen LogP contribution in [0.5, 0.6) is 5.75 Å². The molecule has 1 atom stereocenters. The maximum Gasteiger partial charge on any atom is 0.259 e. The number of rotatable bonds is 5. The normalized spacial score (nSPS) is 14.2. The topological polar surface area (TPSA) is 29.5 Å². The van der Waals surface area contributed by atoms with Gasteiger partial charge in [0.25, 0.3) is 5.91 Å². The van der Waals surface area contributed by atoms with Crippen LogP contribution in [0.25, 0.3) is 5.70 Å². The number of fused-ring (bicyclic) bond motifs is 1. The van der Waals surface area contributed by atoms with Crippen molar-refractivity contribution < 1.29 is 9.53 Å². The molecule has 1 amide bonds. The van der Waals surface area contributed by atoms with Crippen LogP contribution in [0.15, 0.2) is 85.4 Å². The minimum absolute atomic E-state index is 0.00695. The Kier molecular flexibility index (Phi) is 4.51. The highest BCUT2D eigenvalue weighted by molar-refractivity contribution is 6.09. The Labute approximate surface area is 159 Å². The first-order valence-corrected chi connectivity index (χ1v) is 9.03. The van der Waals surface area contributed by atoms with Gasteiger partial charge >= 0.3 is 0 Å². The number of nitrogens with zero attached hydrogens (tertiary/aromatic N) is 1. The zero-order valence-electron chi connectivity index (χ0n) is 15.3. The lowest BCUT2D eigenvalue weighted by Crippen LogP contribution is -2.26. The summed E-state index contributed by atoms with van der Waals surface area (Å²) in [5.74, 6) is 0.817. The lowest BCUT2D eigenvalue weighted by Gasteiger charge is -2.26. The molecule has 0 radical (unpaired) electrons. The molecule has 1 aliphatic rings. The van der Waals surface area contributed by atoms with Gasteiger partial charge < -0.3 is 9.64 Å². The molecule has 0 saturated heterocycles. The fraction of sp³-hybridized carbons (Fsp3) is 0.125. The average Bonchev–Trinajstić information content (AvgIpc) is 2.98. The number of carbonyl (C=O) groups is 1. The first-order chi connectivity index (χ1) is 13.1. The van der Waals surface area contributed by atoms with Gasteiger partial charge in [0, 0.05) is 16.8 Å². The average molecular weight is 355 g/mol. The molecule has 0 bridgehead atoms. The zero-order chi connectivity index (χ0) is 18.8. The predicted octanol–water partition coefficient (Wildman–Crippen LogP) is 5.45. The van der Waals surface area contributed by atoms with E-state index in [1.54, 1.807) is 4.90 Å². The van der Waals surface area contributed by atoms with Gasteiger partial charge in [-0.15, -0.1) is 0 Å². The van der Waals surface area contributed by atoms with Crippen molar-refractivity contribution >= 4 is 11.6 Å². The summed E-state index contributed by atoms with van der Waals surface area (Å²) < 4.78 is 5.85. The summed E-state index contributed by atoms with van der Waals surface area (Å²) in [5, 5.41) is 0. The SMILES string of the molecule is C=C1c2ccccc2C(=O)N1[C@@H](C)c1ccc(OCc2ccccc2)cc1. The third kappa shape index (κ3) is 3.24. The van der Waals surface area contributed by atoms with E-state index in [1.807, 2.05) is 85.8 Å². The molecule has 0 aliphatic carbocycles. The van der Waals surface area contributed by atoms with Crippen molar-refractivity contribution in [2.45, 2.75) is 19.6 Å². The lowest BCUT2D eigenvalue weighted by molar-refractivity contribution is 0.0812. The van der Waals surface area contributed by atoms with Gasteiger partial charge in [-0.3, -0.25) is 4.79 Å². The highest BCUT2D eigenvalue weighted by Gasteiger charge is 2.34. The smallest absolute Gasteiger partial charge is 0.259 e. The summed E-state index contributed by atoms with van der Waals surface area (Å²) in [6, 6.07) is 25.5. The van der Waals surface area contributed by atoms with Gasteiger partial charge in [-0.25, -0.2) is 0 Å². The molecule has 4 rings (SSSR count). The molecule has 0 fully saturated rings. The number of carbonyl (C=O) groups excluding carboxylic acids is 1. The van der Waals surface area contributed by atoms with Crippen molar-refractivity contribution in [3.05, 3.63) is 108 Å². The first-order valence-electron chi connectivity index (χ1n) is 9.03. The van der Waals surface area contributed by atoms with Gasteiger partial charge in [-0.1, -0.05) is 67.2 Å². The number of benzene rings is 3. The van der Waals surface area contributed by atoms with Gasteiger partial charge in [0.1, 0.15) is 12.4 Å². The number of hydrogen-bond donors (Lipinski definition) is 0. The molecule has 0 saturated carbocycles. The van der Waals surface area contributed by atoms with E-state index >= 15 is 0 Å². The van der Waals surface area contributed by atoms with E-state index in [0.29, 0.717) is 6.61 Å². The van der Waals surface area contributed by atoms with E-state index in [2.05, 4.69) is 6.58 Å². The maximum atomic E-state index is 12.8. The molecular weight excluding hydrogens is 334 g/mol. The Balaban J connectivity index is 1.48. The number of amides is 1. The van der Waals surface area contributed by atoms with Crippen LogP contribution in [-0.4, -0.2) is 10.8 Å². The molecule has 134 valence electrons. The number of ether oxygens (including phenoxy) is 1. The molecule has 1 aliphatic heterocycles. The fourth-order valence-electron chi connectivity index (χ4n) is 3.45. The summed E-state index contributed by atoms with van der Waals surface area (Å²) in [6.07, 6.45) is 0. The minimum atomic E-state index is -0.0967. The van der Waals surface area contributed by atoms with E-state index in [4.69, 9.17) is 4.74 Å². The molecule has 0 spiro atoms. The third-order valence-corrected chi connectivity index (χ3v) is 4.98. The van der Waals surface area contributed by atoms with Gasteiger partial charge in [-0.05, 0) is 36.2 Å². The van der Waals surface area contributed by atoms with Crippen molar-refractivity contribution in [3.8, 4) is 5.75 Å². The van der Waals surface area contributed by atoms with Crippen LogP contribution >= 0.6 is 0 Å². The van der Waals surface area contributed by atoms with Gasteiger partial charge in [0.05, 0.1) is 6.04 Å². The Morgan fingerprint density at radius 1 is 0.889 bits per heavy atom. The van der Waals surface area contributed by atoms with E-state index < -0.39 is 0 Å². The van der Waals surface area contributed by atoms with Gasteiger partial charge in [0.15, 0.2) is 0 Å². The highest BCUT2D eigenvalue weighted by Crippen LogP contribution is 2.38. The molecule has 0 N–H and O–H groups in total. The zero-order valence-corrected chi connectivity index (χ0v) is 15.3. The number of hydrogen-bond acceptors (Lipinski definition) is 2. The van der Waals surface area contributed by atoms with Crippen LogP contribution in [0.2, 0.25) is 0 Å². The Morgan fingerprint density at radius 3 is 2.19 bits per heavy atom. The van der Waals surface area contributed by atoms with Gasteiger partial charge in [0.2, 0.25) is 0 Å². The van der Waals surface area contributed by atoms with Crippen LogP contribution in [0.1, 0.15) is 40.0 Å². The highest BCUT2D eigenvalue weighted by atomic mass is 16.5. The molecule has 0 aromatic heterocycles. The fourth-order valence-corrected chi connectivity index (χ4v) is 3.45. The summed E-state index contributed by atoms with van der Waals surface area (Å²) in [5.41, 5.74) is 4.57. The minimum Gasteiger partial charge on any atom is -0.489 e. The monoisotopic (exact) mass is 355 g/mol. The van der Waals surface area contributed by atoms with Crippen molar-refractivity contribution in [1.29, 1.82) is 0 Å².